The van der Waals surface area contributed by atoms with Gasteiger partial charge in [0.2, 0.25) is 5.91 Å². The number of primary amides is 1. The van der Waals surface area contributed by atoms with E-state index in [-0.39, 0.29) is 0 Å². The molecule has 4 nitrogen and oxygen atoms in total. The van der Waals surface area contributed by atoms with Crippen LogP contribution in [-0.2, 0) is 0 Å². The SMILES string of the molecule is CC1CCCC(Nc2cc(C(N)=O)ccc2N)C1C. The minimum absolute atomic E-state index is 0.411. The number of nitrogens with one attached hydrogen (secondary N) is 1. The Morgan fingerprint density at radius 2 is 2.05 bits per heavy atom. The second-order valence-electron chi connectivity index (χ2n) is 5.68. The fraction of sp³-hybridized carbons (Fsp3) is 0.533. The predicted molar refractivity (Wildman–Crippen MR) is 79.0 cm³/mol. The van der Waals surface area contributed by atoms with Crippen LogP contribution in [0.5, 0.6) is 0 Å². The van der Waals surface area contributed by atoms with E-state index in [1.54, 1.807) is 18.2 Å². The van der Waals surface area contributed by atoms with Gasteiger partial charge in [-0.15, -0.1) is 0 Å². The van der Waals surface area contributed by atoms with E-state index in [0.717, 1.165) is 12.1 Å². The van der Waals surface area contributed by atoms with Crippen LogP contribution in [0.4, 0.5) is 11.4 Å². The Bertz CT molecular complexity index is 472. The maximum Gasteiger partial charge on any atom is 0.248 e. The molecule has 4 heteroatoms. The van der Waals surface area contributed by atoms with Crippen LogP contribution in [0.2, 0.25) is 0 Å². The third-order valence-electron chi connectivity index (χ3n) is 4.39. The number of hydrogen-bond acceptors (Lipinski definition) is 3. The average molecular weight is 261 g/mol. The third kappa shape index (κ3) is 3.00. The van der Waals surface area contributed by atoms with Crippen molar-refractivity contribution in [2.75, 3.05) is 11.1 Å². The van der Waals surface area contributed by atoms with E-state index in [1.165, 1.54) is 12.8 Å². The van der Waals surface area contributed by atoms with E-state index in [4.69, 9.17) is 11.5 Å². The molecule has 1 aliphatic carbocycles. The number of carbonyl (C=O) groups excluding carboxylic acids is 1. The lowest BCUT2D eigenvalue weighted by Gasteiger charge is -2.35. The smallest absolute Gasteiger partial charge is 0.248 e. The molecule has 0 saturated heterocycles. The first-order chi connectivity index (χ1) is 8.99. The van der Waals surface area contributed by atoms with Gasteiger partial charge in [-0.1, -0.05) is 26.7 Å². The fourth-order valence-corrected chi connectivity index (χ4v) is 2.82. The lowest BCUT2D eigenvalue weighted by Crippen LogP contribution is -2.35. The predicted octanol–water partition coefficient (Wildman–Crippen LogP) is 2.60. The molecule has 3 unspecified atom stereocenters. The van der Waals surface area contributed by atoms with Crippen molar-refractivity contribution in [2.24, 2.45) is 17.6 Å². The highest BCUT2D eigenvalue weighted by Crippen LogP contribution is 2.33. The number of anilines is 2. The maximum absolute atomic E-state index is 11.2. The summed E-state index contributed by atoms with van der Waals surface area (Å²) in [4.78, 5) is 11.2. The van der Waals surface area contributed by atoms with Crippen molar-refractivity contribution in [3.05, 3.63) is 23.8 Å². The number of benzene rings is 1. The van der Waals surface area contributed by atoms with E-state index < -0.39 is 5.91 Å². The summed E-state index contributed by atoms with van der Waals surface area (Å²) in [6, 6.07) is 5.56. The van der Waals surface area contributed by atoms with Gasteiger partial charge in [0.25, 0.3) is 0 Å². The van der Waals surface area contributed by atoms with Crippen LogP contribution >= 0.6 is 0 Å². The summed E-state index contributed by atoms with van der Waals surface area (Å²) in [5, 5.41) is 3.49. The second kappa shape index (κ2) is 5.51. The normalized spacial score (nSPS) is 26.9. The molecule has 1 aliphatic rings. The maximum atomic E-state index is 11.2. The molecule has 5 N–H and O–H groups in total. The second-order valence-corrected chi connectivity index (χ2v) is 5.68. The van der Waals surface area contributed by atoms with Gasteiger partial charge in [0.15, 0.2) is 0 Å². The van der Waals surface area contributed by atoms with Gasteiger partial charge in [-0.25, -0.2) is 0 Å². The molecule has 1 amide bonds. The molecule has 3 atom stereocenters. The highest BCUT2D eigenvalue weighted by Gasteiger charge is 2.27. The summed E-state index contributed by atoms with van der Waals surface area (Å²) in [5.41, 5.74) is 13.3. The van der Waals surface area contributed by atoms with Crippen LogP contribution in [0.3, 0.4) is 0 Å². The summed E-state index contributed by atoms with van der Waals surface area (Å²) in [6.45, 7) is 4.57. The van der Waals surface area contributed by atoms with Crippen molar-refractivity contribution in [3.8, 4) is 0 Å². The lowest BCUT2D eigenvalue weighted by atomic mass is 9.78. The first-order valence-corrected chi connectivity index (χ1v) is 6.95. The van der Waals surface area contributed by atoms with Crippen LogP contribution in [0.15, 0.2) is 18.2 Å². The molecule has 0 spiro atoms. The molecular formula is C15H23N3O. The van der Waals surface area contributed by atoms with Crippen LogP contribution < -0.4 is 16.8 Å². The molecule has 1 saturated carbocycles. The van der Waals surface area contributed by atoms with Gasteiger partial charge in [0.1, 0.15) is 0 Å². The summed E-state index contributed by atoms with van der Waals surface area (Å²) >= 11 is 0. The van der Waals surface area contributed by atoms with E-state index in [9.17, 15) is 4.79 Å². The van der Waals surface area contributed by atoms with Gasteiger partial charge in [0.05, 0.1) is 11.4 Å². The number of rotatable bonds is 3. The van der Waals surface area contributed by atoms with Crippen LogP contribution in [-0.4, -0.2) is 11.9 Å². The molecule has 1 fully saturated rings. The number of nitrogens with two attached hydrogens (primary N) is 2. The van der Waals surface area contributed by atoms with Crippen LogP contribution in [0.25, 0.3) is 0 Å². The summed E-state index contributed by atoms with van der Waals surface area (Å²) < 4.78 is 0. The van der Waals surface area contributed by atoms with Crippen molar-refractivity contribution >= 4 is 17.3 Å². The Morgan fingerprint density at radius 1 is 1.32 bits per heavy atom. The molecule has 0 heterocycles. The molecule has 1 aromatic carbocycles. The van der Waals surface area contributed by atoms with Crippen molar-refractivity contribution in [2.45, 2.75) is 39.2 Å². The number of carbonyl (C=O) groups is 1. The highest BCUT2D eigenvalue weighted by atomic mass is 16.1. The van der Waals surface area contributed by atoms with Crippen LogP contribution in [0.1, 0.15) is 43.5 Å². The Kier molecular flexibility index (Phi) is 3.98. The van der Waals surface area contributed by atoms with Gasteiger partial charge in [-0.2, -0.15) is 0 Å². The fourth-order valence-electron chi connectivity index (χ4n) is 2.82. The van der Waals surface area contributed by atoms with Crippen molar-refractivity contribution in [1.29, 1.82) is 0 Å². The molecule has 0 radical (unpaired) electrons. The van der Waals surface area contributed by atoms with E-state index in [0.29, 0.717) is 29.1 Å². The Hall–Kier alpha value is -1.71. The van der Waals surface area contributed by atoms with Crippen molar-refractivity contribution in [1.82, 2.24) is 0 Å². The van der Waals surface area contributed by atoms with Gasteiger partial charge < -0.3 is 16.8 Å². The van der Waals surface area contributed by atoms with Crippen LogP contribution in [0, 0.1) is 11.8 Å². The monoisotopic (exact) mass is 261 g/mol. The van der Waals surface area contributed by atoms with Gasteiger partial charge >= 0.3 is 0 Å². The minimum Gasteiger partial charge on any atom is -0.397 e. The molecule has 19 heavy (non-hydrogen) atoms. The molecular weight excluding hydrogens is 238 g/mol. The molecule has 104 valence electrons. The first kappa shape index (κ1) is 13.7. The Balaban J connectivity index is 2.18. The van der Waals surface area contributed by atoms with Gasteiger partial charge in [0, 0.05) is 11.6 Å². The highest BCUT2D eigenvalue weighted by molar-refractivity contribution is 5.94. The van der Waals surface area contributed by atoms with Gasteiger partial charge in [-0.05, 0) is 36.5 Å². The molecule has 2 rings (SSSR count). The number of nitrogen functional groups attached to an aromatic ring is 1. The third-order valence-corrected chi connectivity index (χ3v) is 4.39. The van der Waals surface area contributed by atoms with Gasteiger partial charge in [-0.3, -0.25) is 4.79 Å². The molecule has 0 aromatic heterocycles. The van der Waals surface area contributed by atoms with E-state index in [2.05, 4.69) is 19.2 Å². The summed E-state index contributed by atoms with van der Waals surface area (Å²) in [6.07, 6.45) is 3.67. The molecule has 0 bridgehead atoms. The number of hydrogen-bond donors (Lipinski definition) is 3. The Labute approximate surface area is 114 Å². The summed E-state index contributed by atoms with van der Waals surface area (Å²) in [5.74, 6) is 0.894. The zero-order valence-electron chi connectivity index (χ0n) is 11.6. The largest absolute Gasteiger partial charge is 0.397 e. The summed E-state index contributed by atoms with van der Waals surface area (Å²) in [7, 11) is 0. The van der Waals surface area contributed by atoms with Crippen molar-refractivity contribution < 1.29 is 4.79 Å². The minimum atomic E-state index is -0.423. The first-order valence-electron chi connectivity index (χ1n) is 6.95. The average Bonchev–Trinajstić information content (AvgIpc) is 2.37. The van der Waals surface area contributed by atoms with E-state index in [1.807, 2.05) is 0 Å². The standard InChI is InChI=1S/C15H23N3O/c1-9-4-3-5-13(10(9)2)18-14-8-11(15(17)19)6-7-12(14)16/h6-10,13,18H,3-5,16H2,1-2H3,(H2,17,19). The van der Waals surface area contributed by atoms with Crippen molar-refractivity contribution in [3.63, 3.8) is 0 Å². The number of amides is 1. The van der Waals surface area contributed by atoms with E-state index >= 15 is 0 Å². The zero-order chi connectivity index (χ0) is 14.0. The Morgan fingerprint density at radius 3 is 2.74 bits per heavy atom. The quantitative estimate of drug-likeness (QED) is 0.731. The topological polar surface area (TPSA) is 81.1 Å². The molecule has 0 aliphatic heterocycles. The zero-order valence-corrected chi connectivity index (χ0v) is 11.6. The lowest BCUT2D eigenvalue weighted by molar-refractivity contribution is 0.100. The molecule has 1 aromatic rings.